The predicted octanol–water partition coefficient (Wildman–Crippen LogP) is 2.39. The van der Waals surface area contributed by atoms with Gasteiger partial charge in [-0.2, -0.15) is 0 Å². The molecule has 5 nitrogen and oxygen atoms in total. The van der Waals surface area contributed by atoms with E-state index in [0.29, 0.717) is 17.1 Å². The van der Waals surface area contributed by atoms with Gasteiger partial charge in [0.2, 0.25) is 0 Å². The van der Waals surface area contributed by atoms with Crippen molar-refractivity contribution in [3.8, 4) is 0 Å². The number of carbonyl (C=O) groups is 1. The number of amides is 1. The second-order valence-corrected chi connectivity index (χ2v) is 5.18. The number of nitrogens with one attached hydrogen (secondary N) is 1. The highest BCUT2D eigenvalue weighted by Gasteiger charge is 2.14. The first-order chi connectivity index (χ1) is 9.49. The molecule has 0 aliphatic heterocycles. The highest BCUT2D eigenvalue weighted by atomic mass is 35.5. The van der Waals surface area contributed by atoms with Crippen LogP contribution in [-0.2, 0) is 13.6 Å². The first-order valence-corrected chi connectivity index (χ1v) is 6.57. The van der Waals surface area contributed by atoms with Crippen molar-refractivity contribution in [3.63, 3.8) is 0 Å². The fourth-order valence-electron chi connectivity index (χ4n) is 1.83. The minimum atomic E-state index is -0.0610. The monoisotopic (exact) mass is 292 g/mol. The van der Waals surface area contributed by atoms with Crippen molar-refractivity contribution >= 4 is 23.2 Å². The lowest BCUT2D eigenvalue weighted by Gasteiger charge is -2.16. The lowest BCUT2D eigenvalue weighted by Crippen LogP contribution is -2.23. The molecule has 20 heavy (non-hydrogen) atoms. The van der Waals surface area contributed by atoms with Crippen molar-refractivity contribution < 1.29 is 4.79 Å². The van der Waals surface area contributed by atoms with E-state index in [0.717, 1.165) is 11.4 Å². The van der Waals surface area contributed by atoms with Crippen LogP contribution in [0.4, 0.5) is 5.69 Å². The van der Waals surface area contributed by atoms with Gasteiger partial charge in [0.15, 0.2) is 0 Å². The van der Waals surface area contributed by atoms with E-state index in [-0.39, 0.29) is 5.91 Å². The van der Waals surface area contributed by atoms with Crippen LogP contribution in [0.1, 0.15) is 16.1 Å². The Morgan fingerprint density at radius 2 is 2.20 bits per heavy atom. The number of aromatic nitrogens is 2. The average molecular weight is 293 g/mol. The molecule has 1 aromatic carbocycles. The number of carbonyl (C=O) groups excluding carboxylic acids is 1. The maximum atomic E-state index is 12.1. The molecule has 0 radical (unpaired) electrons. The topological polar surface area (TPSA) is 50.2 Å². The predicted molar refractivity (Wildman–Crippen MR) is 80.0 cm³/mol. The smallest absolute Gasteiger partial charge is 0.255 e. The maximum absolute atomic E-state index is 12.1. The summed E-state index contributed by atoms with van der Waals surface area (Å²) >= 11 is 6.01. The Bertz CT molecular complexity index is 621. The number of halogens is 1. The Labute approximate surface area is 123 Å². The molecular formula is C14H17ClN4O. The largest absolute Gasteiger partial charge is 0.379 e. The minimum Gasteiger partial charge on any atom is -0.379 e. The standard InChI is InChI=1S/C14H17ClN4O/c1-18(2)14(20)12-5-4-10(15)6-13(12)17-8-11-7-16-9-19(11)3/h4-7,9,17H,8H2,1-3H3. The number of aryl methyl sites for hydroxylation is 1. The van der Waals surface area contributed by atoms with Crippen LogP contribution in [0.5, 0.6) is 0 Å². The van der Waals surface area contributed by atoms with E-state index < -0.39 is 0 Å². The maximum Gasteiger partial charge on any atom is 0.255 e. The summed E-state index contributed by atoms with van der Waals surface area (Å²) < 4.78 is 1.92. The summed E-state index contributed by atoms with van der Waals surface area (Å²) in [5.74, 6) is -0.0610. The van der Waals surface area contributed by atoms with Crippen LogP contribution < -0.4 is 5.32 Å². The highest BCUT2D eigenvalue weighted by Crippen LogP contribution is 2.22. The van der Waals surface area contributed by atoms with E-state index in [2.05, 4.69) is 10.3 Å². The zero-order valence-electron chi connectivity index (χ0n) is 11.7. The first kappa shape index (κ1) is 14.4. The van der Waals surface area contributed by atoms with Crippen LogP contribution in [0.2, 0.25) is 5.02 Å². The van der Waals surface area contributed by atoms with Gasteiger partial charge >= 0.3 is 0 Å². The summed E-state index contributed by atoms with van der Waals surface area (Å²) in [6.07, 6.45) is 3.52. The van der Waals surface area contributed by atoms with Gasteiger partial charge in [-0.15, -0.1) is 0 Å². The Hall–Kier alpha value is -2.01. The number of imidazole rings is 1. The third kappa shape index (κ3) is 3.11. The molecule has 106 valence electrons. The van der Waals surface area contributed by atoms with E-state index in [1.54, 1.807) is 49.7 Å². The molecule has 0 fully saturated rings. The molecule has 0 aliphatic rings. The molecule has 1 heterocycles. The summed E-state index contributed by atoms with van der Waals surface area (Å²) in [5, 5.41) is 3.83. The summed E-state index contributed by atoms with van der Waals surface area (Å²) in [6, 6.07) is 5.21. The van der Waals surface area contributed by atoms with Crippen molar-refractivity contribution in [1.29, 1.82) is 0 Å². The van der Waals surface area contributed by atoms with E-state index in [4.69, 9.17) is 11.6 Å². The summed E-state index contributed by atoms with van der Waals surface area (Å²) in [4.78, 5) is 17.7. The summed E-state index contributed by atoms with van der Waals surface area (Å²) in [5.41, 5.74) is 2.34. The third-order valence-electron chi connectivity index (χ3n) is 2.99. The Morgan fingerprint density at radius 3 is 2.80 bits per heavy atom. The molecule has 6 heteroatoms. The van der Waals surface area contributed by atoms with Gasteiger partial charge in [0.1, 0.15) is 0 Å². The second kappa shape index (κ2) is 5.96. The number of hydrogen-bond acceptors (Lipinski definition) is 3. The molecule has 0 saturated carbocycles. The van der Waals surface area contributed by atoms with Gasteiger partial charge in [-0.05, 0) is 18.2 Å². The van der Waals surface area contributed by atoms with Crippen LogP contribution in [0.15, 0.2) is 30.7 Å². The van der Waals surface area contributed by atoms with E-state index in [9.17, 15) is 4.79 Å². The summed E-state index contributed by atoms with van der Waals surface area (Å²) in [6.45, 7) is 0.574. The molecule has 0 unspecified atom stereocenters. The molecule has 2 aromatic rings. The van der Waals surface area contributed by atoms with Gasteiger partial charge < -0.3 is 14.8 Å². The van der Waals surface area contributed by atoms with Gasteiger partial charge in [0.05, 0.1) is 24.1 Å². The molecule has 2 rings (SSSR count). The van der Waals surface area contributed by atoms with Crippen molar-refractivity contribution in [3.05, 3.63) is 47.0 Å². The number of rotatable bonds is 4. The van der Waals surface area contributed by atoms with Crippen molar-refractivity contribution in [2.24, 2.45) is 7.05 Å². The van der Waals surface area contributed by atoms with Crippen LogP contribution in [0, 0.1) is 0 Å². The van der Waals surface area contributed by atoms with Crippen LogP contribution >= 0.6 is 11.6 Å². The molecule has 1 amide bonds. The Morgan fingerprint density at radius 1 is 1.45 bits per heavy atom. The lowest BCUT2D eigenvalue weighted by atomic mass is 10.1. The fraction of sp³-hybridized carbons (Fsp3) is 0.286. The molecule has 0 atom stereocenters. The number of anilines is 1. The van der Waals surface area contributed by atoms with Crippen molar-refractivity contribution in [1.82, 2.24) is 14.5 Å². The highest BCUT2D eigenvalue weighted by molar-refractivity contribution is 6.31. The lowest BCUT2D eigenvalue weighted by molar-refractivity contribution is 0.0828. The van der Waals surface area contributed by atoms with Gasteiger partial charge in [0.25, 0.3) is 5.91 Å². The third-order valence-corrected chi connectivity index (χ3v) is 3.23. The molecule has 1 aromatic heterocycles. The number of benzene rings is 1. The molecule has 0 spiro atoms. The molecular weight excluding hydrogens is 276 g/mol. The minimum absolute atomic E-state index is 0.0610. The van der Waals surface area contributed by atoms with Crippen LogP contribution in [0.25, 0.3) is 0 Å². The van der Waals surface area contributed by atoms with Crippen LogP contribution in [-0.4, -0.2) is 34.5 Å². The zero-order chi connectivity index (χ0) is 14.7. The van der Waals surface area contributed by atoms with Crippen molar-refractivity contribution in [2.45, 2.75) is 6.54 Å². The van der Waals surface area contributed by atoms with Crippen molar-refractivity contribution in [2.75, 3.05) is 19.4 Å². The number of nitrogens with zero attached hydrogens (tertiary/aromatic N) is 3. The second-order valence-electron chi connectivity index (χ2n) is 4.74. The molecule has 1 N–H and O–H groups in total. The fourth-order valence-corrected chi connectivity index (χ4v) is 2.00. The molecule has 0 saturated heterocycles. The molecule has 0 aliphatic carbocycles. The zero-order valence-corrected chi connectivity index (χ0v) is 12.5. The van der Waals surface area contributed by atoms with Gasteiger partial charge in [-0.3, -0.25) is 4.79 Å². The Kier molecular flexibility index (Phi) is 4.29. The normalized spacial score (nSPS) is 10.4. The quantitative estimate of drug-likeness (QED) is 0.941. The first-order valence-electron chi connectivity index (χ1n) is 6.19. The van der Waals surface area contributed by atoms with Gasteiger partial charge in [0, 0.05) is 38.0 Å². The van der Waals surface area contributed by atoms with Gasteiger partial charge in [-0.1, -0.05) is 11.6 Å². The average Bonchev–Trinajstić information content (AvgIpc) is 2.81. The Balaban J connectivity index is 2.24. The van der Waals surface area contributed by atoms with E-state index >= 15 is 0 Å². The summed E-state index contributed by atoms with van der Waals surface area (Å²) in [7, 11) is 5.37. The number of hydrogen-bond donors (Lipinski definition) is 1. The van der Waals surface area contributed by atoms with E-state index in [1.807, 2.05) is 11.6 Å². The SMILES string of the molecule is CN(C)C(=O)c1ccc(Cl)cc1NCc1cncn1C. The van der Waals surface area contributed by atoms with Gasteiger partial charge in [-0.25, -0.2) is 4.98 Å². The van der Waals surface area contributed by atoms with Crippen LogP contribution in [0.3, 0.4) is 0 Å². The molecule has 0 bridgehead atoms. The van der Waals surface area contributed by atoms with E-state index in [1.165, 1.54) is 0 Å².